The highest BCUT2D eigenvalue weighted by molar-refractivity contribution is 7.13. The lowest BCUT2D eigenvalue weighted by Crippen LogP contribution is -1.87. The molecule has 4 N–H and O–H groups in total. The molecular weight excluding hydrogens is 340 g/mol. The maximum atomic E-state index is 10.1. The number of benzene rings is 3. The first-order valence-electron chi connectivity index (χ1n) is 7.35. The van der Waals surface area contributed by atoms with Gasteiger partial charge in [-0.2, -0.15) is 0 Å². The van der Waals surface area contributed by atoms with Crippen LogP contribution < -0.4 is 0 Å². The SMILES string of the molecule is Oc1cccc(O)c1-c1ccc(-c2c(O)cccc2O)c2snnc12. The van der Waals surface area contributed by atoms with Crippen molar-refractivity contribution < 1.29 is 20.4 Å². The lowest BCUT2D eigenvalue weighted by molar-refractivity contribution is 0.453. The van der Waals surface area contributed by atoms with E-state index < -0.39 is 0 Å². The van der Waals surface area contributed by atoms with Crippen molar-refractivity contribution in [3.8, 4) is 45.3 Å². The van der Waals surface area contributed by atoms with E-state index in [9.17, 15) is 20.4 Å². The smallest absolute Gasteiger partial charge is 0.127 e. The predicted octanol–water partition coefficient (Wildman–Crippen LogP) is 3.85. The van der Waals surface area contributed by atoms with Crippen LogP contribution in [0.2, 0.25) is 0 Å². The molecule has 4 rings (SSSR count). The monoisotopic (exact) mass is 352 g/mol. The molecule has 0 spiro atoms. The van der Waals surface area contributed by atoms with Crippen molar-refractivity contribution in [3.63, 3.8) is 0 Å². The van der Waals surface area contributed by atoms with Crippen molar-refractivity contribution in [2.45, 2.75) is 0 Å². The van der Waals surface area contributed by atoms with Gasteiger partial charge in [-0.25, -0.2) is 0 Å². The van der Waals surface area contributed by atoms with Gasteiger partial charge in [0.1, 0.15) is 28.5 Å². The fraction of sp³-hybridized carbons (Fsp3) is 0. The topological polar surface area (TPSA) is 107 Å². The Labute approximate surface area is 146 Å². The molecule has 0 aliphatic heterocycles. The summed E-state index contributed by atoms with van der Waals surface area (Å²) >= 11 is 1.10. The number of aromatic nitrogens is 2. The summed E-state index contributed by atoms with van der Waals surface area (Å²) in [7, 11) is 0. The molecule has 0 unspecified atom stereocenters. The zero-order valence-corrected chi connectivity index (χ0v) is 13.5. The van der Waals surface area contributed by atoms with Gasteiger partial charge in [0.15, 0.2) is 0 Å². The Bertz CT molecular complexity index is 982. The van der Waals surface area contributed by atoms with Crippen LogP contribution in [0, 0.1) is 0 Å². The van der Waals surface area contributed by atoms with Gasteiger partial charge >= 0.3 is 0 Å². The van der Waals surface area contributed by atoms with E-state index in [-0.39, 0.29) is 34.1 Å². The number of phenolic OH excluding ortho intramolecular Hbond substituents is 4. The van der Waals surface area contributed by atoms with Gasteiger partial charge in [-0.05, 0) is 35.8 Å². The van der Waals surface area contributed by atoms with Gasteiger partial charge in [-0.1, -0.05) is 28.8 Å². The standard InChI is InChI=1S/C18H12N2O4S/c21-11-3-1-4-12(22)15(11)9-7-8-10(18-17(9)19-20-25-18)16-13(23)5-2-6-14(16)24/h1-8,21-24H. The molecule has 4 aromatic rings. The van der Waals surface area contributed by atoms with E-state index in [1.807, 2.05) is 0 Å². The summed E-state index contributed by atoms with van der Waals surface area (Å²) in [5.41, 5.74) is 2.08. The van der Waals surface area contributed by atoms with E-state index in [0.29, 0.717) is 21.3 Å². The lowest BCUT2D eigenvalue weighted by atomic mass is 9.97. The number of hydrogen-bond donors (Lipinski definition) is 4. The summed E-state index contributed by atoms with van der Waals surface area (Å²) in [5.74, 6) is -0.277. The molecule has 6 nitrogen and oxygen atoms in total. The van der Waals surface area contributed by atoms with Gasteiger partial charge in [0.05, 0.1) is 15.8 Å². The molecule has 0 fully saturated rings. The van der Waals surface area contributed by atoms with Crippen molar-refractivity contribution in [2.24, 2.45) is 0 Å². The lowest BCUT2D eigenvalue weighted by Gasteiger charge is -2.11. The summed E-state index contributed by atoms with van der Waals surface area (Å²) in [6.45, 7) is 0. The second-order valence-corrected chi connectivity index (χ2v) is 6.21. The molecule has 25 heavy (non-hydrogen) atoms. The van der Waals surface area contributed by atoms with Crippen LogP contribution in [-0.4, -0.2) is 30.0 Å². The van der Waals surface area contributed by atoms with Gasteiger partial charge in [-0.15, -0.1) is 5.10 Å². The first kappa shape index (κ1) is 15.2. The van der Waals surface area contributed by atoms with E-state index in [1.54, 1.807) is 24.3 Å². The van der Waals surface area contributed by atoms with Crippen LogP contribution in [0.3, 0.4) is 0 Å². The predicted molar refractivity (Wildman–Crippen MR) is 94.9 cm³/mol. The first-order chi connectivity index (χ1) is 12.1. The molecule has 0 radical (unpaired) electrons. The normalized spacial score (nSPS) is 11.0. The molecule has 0 amide bonds. The third kappa shape index (κ3) is 2.33. The van der Waals surface area contributed by atoms with Crippen molar-refractivity contribution in [3.05, 3.63) is 48.5 Å². The van der Waals surface area contributed by atoms with Gasteiger partial charge in [0, 0.05) is 11.1 Å². The quantitative estimate of drug-likeness (QED) is 0.437. The number of fused-ring (bicyclic) bond motifs is 1. The second-order valence-electron chi connectivity index (χ2n) is 5.45. The highest BCUT2D eigenvalue weighted by Gasteiger charge is 2.20. The number of phenols is 4. The summed E-state index contributed by atoms with van der Waals surface area (Å²) in [6, 6.07) is 12.4. The minimum atomic E-state index is -0.0764. The van der Waals surface area contributed by atoms with E-state index >= 15 is 0 Å². The Morgan fingerprint density at radius 1 is 0.640 bits per heavy atom. The number of aromatic hydroxyl groups is 4. The number of rotatable bonds is 2. The Morgan fingerprint density at radius 3 is 1.68 bits per heavy atom. The Morgan fingerprint density at radius 2 is 1.12 bits per heavy atom. The van der Waals surface area contributed by atoms with Crippen molar-refractivity contribution in [2.75, 3.05) is 0 Å². The van der Waals surface area contributed by atoms with Crippen LogP contribution >= 0.6 is 11.5 Å². The largest absolute Gasteiger partial charge is 0.507 e. The van der Waals surface area contributed by atoms with Gasteiger partial charge in [0.2, 0.25) is 0 Å². The maximum absolute atomic E-state index is 10.1. The summed E-state index contributed by atoms with van der Waals surface area (Å²) < 4.78 is 4.58. The zero-order valence-electron chi connectivity index (χ0n) is 12.7. The third-order valence-electron chi connectivity index (χ3n) is 3.98. The van der Waals surface area contributed by atoms with E-state index in [4.69, 9.17) is 0 Å². The zero-order chi connectivity index (χ0) is 17.6. The van der Waals surface area contributed by atoms with Crippen molar-refractivity contribution in [1.29, 1.82) is 0 Å². The van der Waals surface area contributed by atoms with E-state index in [2.05, 4.69) is 9.59 Å². The molecule has 3 aromatic carbocycles. The maximum Gasteiger partial charge on any atom is 0.127 e. The van der Waals surface area contributed by atoms with Crippen LogP contribution in [0.15, 0.2) is 48.5 Å². The molecule has 1 aromatic heterocycles. The van der Waals surface area contributed by atoms with Crippen LogP contribution in [0.4, 0.5) is 0 Å². The molecule has 1 heterocycles. The van der Waals surface area contributed by atoms with Crippen LogP contribution in [0.5, 0.6) is 23.0 Å². The van der Waals surface area contributed by atoms with E-state index in [0.717, 1.165) is 11.5 Å². The molecule has 0 aliphatic carbocycles. The van der Waals surface area contributed by atoms with Crippen molar-refractivity contribution in [1.82, 2.24) is 9.59 Å². The van der Waals surface area contributed by atoms with E-state index in [1.165, 1.54) is 24.3 Å². The fourth-order valence-corrected chi connectivity index (χ4v) is 3.58. The number of nitrogens with zero attached hydrogens (tertiary/aromatic N) is 2. The molecular formula is C18H12N2O4S. The number of hydrogen-bond acceptors (Lipinski definition) is 7. The summed E-state index contributed by atoms with van der Waals surface area (Å²) in [4.78, 5) is 0. The molecule has 7 heteroatoms. The highest BCUT2D eigenvalue weighted by atomic mass is 32.1. The minimum absolute atomic E-state index is 0.0622. The van der Waals surface area contributed by atoms with Crippen LogP contribution in [-0.2, 0) is 0 Å². The van der Waals surface area contributed by atoms with Crippen LogP contribution in [0.25, 0.3) is 32.5 Å². The third-order valence-corrected chi connectivity index (χ3v) is 4.74. The van der Waals surface area contributed by atoms with Crippen molar-refractivity contribution >= 4 is 21.7 Å². The Kier molecular flexibility index (Phi) is 3.43. The molecule has 0 aliphatic rings. The highest BCUT2D eigenvalue weighted by Crippen LogP contribution is 2.46. The Hall–Kier alpha value is -3.32. The molecule has 0 bridgehead atoms. The average Bonchev–Trinajstić information content (AvgIpc) is 3.06. The average molecular weight is 352 g/mol. The minimum Gasteiger partial charge on any atom is -0.507 e. The van der Waals surface area contributed by atoms with Crippen LogP contribution in [0.1, 0.15) is 0 Å². The van der Waals surface area contributed by atoms with Gasteiger partial charge in [0.25, 0.3) is 0 Å². The van der Waals surface area contributed by atoms with Gasteiger partial charge < -0.3 is 20.4 Å². The van der Waals surface area contributed by atoms with Gasteiger partial charge in [-0.3, -0.25) is 0 Å². The Balaban J connectivity index is 2.04. The summed E-state index contributed by atoms with van der Waals surface area (Å²) in [5, 5.41) is 44.6. The molecule has 0 saturated carbocycles. The molecule has 124 valence electrons. The molecule has 0 atom stereocenters. The molecule has 0 saturated heterocycles. The fourth-order valence-electron chi connectivity index (χ4n) is 2.87. The first-order valence-corrected chi connectivity index (χ1v) is 8.13. The summed E-state index contributed by atoms with van der Waals surface area (Å²) in [6.07, 6.45) is 0. The second kappa shape index (κ2) is 5.64.